The molecule has 0 aliphatic carbocycles. The molecular weight excluding hydrogens is 263 g/mol. The van der Waals surface area contributed by atoms with E-state index in [0.29, 0.717) is 4.83 Å². The van der Waals surface area contributed by atoms with Crippen LogP contribution in [-0.4, -0.2) is 14.6 Å². The van der Waals surface area contributed by atoms with Gasteiger partial charge in [-0.1, -0.05) is 48.3 Å². The molecule has 1 atom stereocenters. The Hall–Kier alpha value is -0.0200. The molecule has 1 aromatic rings. The molecule has 14 heavy (non-hydrogen) atoms. The van der Waals surface area contributed by atoms with Crippen molar-refractivity contribution in [3.63, 3.8) is 0 Å². The van der Waals surface area contributed by atoms with Gasteiger partial charge in [-0.3, -0.25) is 4.68 Å². The number of aromatic nitrogens is 2. The van der Waals surface area contributed by atoms with Crippen molar-refractivity contribution in [2.45, 2.75) is 37.4 Å². The third-order valence-corrected chi connectivity index (χ3v) is 2.93. The summed E-state index contributed by atoms with van der Waals surface area (Å²) in [7, 11) is 1.93. The summed E-state index contributed by atoms with van der Waals surface area (Å²) in [6, 6.07) is 0. The van der Waals surface area contributed by atoms with Crippen LogP contribution in [-0.2, 0) is 12.5 Å². The van der Waals surface area contributed by atoms with E-state index in [0.717, 1.165) is 17.1 Å². The molecule has 0 aromatic carbocycles. The van der Waals surface area contributed by atoms with Gasteiger partial charge in [0.1, 0.15) is 0 Å². The number of hydrogen-bond acceptors (Lipinski definition) is 1. The highest BCUT2D eigenvalue weighted by Gasteiger charge is 2.28. The summed E-state index contributed by atoms with van der Waals surface area (Å²) in [5.41, 5.74) is 1.15. The summed E-state index contributed by atoms with van der Waals surface area (Å²) >= 11 is 9.69. The summed E-state index contributed by atoms with van der Waals surface area (Å²) in [6.45, 7) is 6.52. The zero-order valence-electron chi connectivity index (χ0n) is 9.01. The van der Waals surface area contributed by atoms with Crippen LogP contribution in [0.2, 0.25) is 5.02 Å². The normalized spacial score (nSPS) is 14.4. The molecule has 0 saturated carbocycles. The first kappa shape index (κ1) is 12.1. The Morgan fingerprint density at radius 1 is 1.64 bits per heavy atom. The molecule has 1 heterocycles. The lowest BCUT2D eigenvalue weighted by atomic mass is 9.84. The van der Waals surface area contributed by atoms with E-state index in [9.17, 15) is 0 Å². The van der Waals surface area contributed by atoms with Crippen LogP contribution in [0, 0.1) is 0 Å². The Morgan fingerprint density at radius 3 is 2.57 bits per heavy atom. The van der Waals surface area contributed by atoms with E-state index in [-0.39, 0.29) is 5.41 Å². The maximum absolute atomic E-state index is 6.11. The molecule has 1 aromatic heterocycles. The monoisotopic (exact) mass is 278 g/mol. The van der Waals surface area contributed by atoms with E-state index < -0.39 is 0 Å². The van der Waals surface area contributed by atoms with Crippen LogP contribution in [0.5, 0.6) is 0 Å². The first-order chi connectivity index (χ1) is 6.34. The Morgan fingerprint density at radius 2 is 2.21 bits per heavy atom. The van der Waals surface area contributed by atoms with E-state index >= 15 is 0 Å². The van der Waals surface area contributed by atoms with Crippen LogP contribution in [0.15, 0.2) is 6.20 Å². The maximum atomic E-state index is 6.11. The van der Waals surface area contributed by atoms with Gasteiger partial charge in [-0.25, -0.2) is 0 Å². The Labute approximate surface area is 98.8 Å². The molecule has 0 aliphatic rings. The van der Waals surface area contributed by atoms with E-state index in [4.69, 9.17) is 11.6 Å². The quantitative estimate of drug-likeness (QED) is 0.774. The maximum Gasteiger partial charge on any atom is 0.0823 e. The summed E-state index contributed by atoms with van der Waals surface area (Å²) in [5, 5.41) is 4.91. The van der Waals surface area contributed by atoms with Crippen molar-refractivity contribution in [3.05, 3.63) is 16.9 Å². The van der Waals surface area contributed by atoms with Gasteiger partial charge in [0.25, 0.3) is 0 Å². The van der Waals surface area contributed by atoms with Crippen molar-refractivity contribution in [2.75, 3.05) is 0 Å². The van der Waals surface area contributed by atoms with E-state index in [2.05, 4.69) is 41.8 Å². The molecule has 2 nitrogen and oxygen atoms in total. The van der Waals surface area contributed by atoms with Gasteiger partial charge in [0.15, 0.2) is 0 Å². The number of nitrogens with zero attached hydrogens (tertiary/aromatic N) is 2. The number of alkyl halides is 1. The van der Waals surface area contributed by atoms with Crippen LogP contribution < -0.4 is 0 Å². The van der Waals surface area contributed by atoms with Gasteiger partial charge in [-0.05, 0) is 6.42 Å². The Bertz CT molecular complexity index is 298. The van der Waals surface area contributed by atoms with Gasteiger partial charge in [-0.15, -0.1) is 0 Å². The smallest absolute Gasteiger partial charge is 0.0823 e. The van der Waals surface area contributed by atoms with Gasteiger partial charge in [0.2, 0.25) is 0 Å². The second kappa shape index (κ2) is 4.23. The molecule has 0 fully saturated rings. The largest absolute Gasteiger partial charge is 0.271 e. The first-order valence-electron chi connectivity index (χ1n) is 4.66. The number of halogens is 2. The second-order valence-electron chi connectivity index (χ2n) is 4.33. The minimum Gasteiger partial charge on any atom is -0.271 e. The molecule has 4 heteroatoms. The molecule has 1 rings (SSSR count). The van der Waals surface area contributed by atoms with Crippen LogP contribution in [0.3, 0.4) is 0 Å². The Balaban J connectivity index is 3.02. The van der Waals surface area contributed by atoms with Crippen molar-refractivity contribution in [1.82, 2.24) is 9.78 Å². The third kappa shape index (κ3) is 2.51. The van der Waals surface area contributed by atoms with E-state index in [1.54, 1.807) is 6.20 Å². The van der Waals surface area contributed by atoms with Crippen molar-refractivity contribution < 1.29 is 0 Å². The summed E-state index contributed by atoms with van der Waals surface area (Å²) < 4.78 is 1.86. The number of aryl methyl sites for hydroxylation is 1. The SMILES string of the molecule is CC(Br)CC(C)(C)c1c(Cl)cnn1C. The molecule has 0 radical (unpaired) electrons. The summed E-state index contributed by atoms with van der Waals surface area (Å²) in [6.07, 6.45) is 2.74. The third-order valence-electron chi connectivity index (χ3n) is 2.33. The summed E-state index contributed by atoms with van der Waals surface area (Å²) in [5.74, 6) is 0. The lowest BCUT2D eigenvalue weighted by molar-refractivity contribution is 0.443. The number of rotatable bonds is 3. The van der Waals surface area contributed by atoms with Crippen LogP contribution in [0.4, 0.5) is 0 Å². The van der Waals surface area contributed by atoms with Crippen LogP contribution in [0.25, 0.3) is 0 Å². The molecule has 1 unspecified atom stereocenters. The fourth-order valence-electron chi connectivity index (χ4n) is 1.97. The molecule has 0 aliphatic heterocycles. The zero-order valence-corrected chi connectivity index (χ0v) is 11.4. The van der Waals surface area contributed by atoms with Crippen molar-refractivity contribution in [3.8, 4) is 0 Å². The van der Waals surface area contributed by atoms with Crippen LogP contribution >= 0.6 is 27.5 Å². The Kier molecular flexibility index (Phi) is 3.64. The fraction of sp³-hybridized carbons (Fsp3) is 0.700. The average molecular weight is 280 g/mol. The topological polar surface area (TPSA) is 17.8 Å². The van der Waals surface area contributed by atoms with E-state index in [1.807, 2.05) is 11.7 Å². The molecule has 0 amide bonds. The minimum absolute atomic E-state index is 0.0469. The fourth-order valence-corrected chi connectivity index (χ4v) is 3.20. The summed E-state index contributed by atoms with van der Waals surface area (Å²) in [4.78, 5) is 0.475. The number of hydrogen-bond donors (Lipinski definition) is 0. The van der Waals surface area contributed by atoms with Crippen molar-refractivity contribution in [1.29, 1.82) is 0 Å². The van der Waals surface area contributed by atoms with Gasteiger partial charge >= 0.3 is 0 Å². The molecule has 0 bridgehead atoms. The van der Waals surface area contributed by atoms with Gasteiger partial charge < -0.3 is 0 Å². The molecule has 0 N–H and O–H groups in total. The van der Waals surface area contributed by atoms with E-state index in [1.165, 1.54) is 0 Å². The molecule has 0 spiro atoms. The predicted molar refractivity (Wildman–Crippen MR) is 64.3 cm³/mol. The lowest BCUT2D eigenvalue weighted by Gasteiger charge is -2.26. The van der Waals surface area contributed by atoms with Crippen LogP contribution in [0.1, 0.15) is 32.9 Å². The van der Waals surface area contributed by atoms with Gasteiger partial charge in [0.05, 0.1) is 16.9 Å². The standard InChI is InChI=1S/C10H16BrClN2/c1-7(11)5-10(2,3)9-8(12)6-13-14(9)4/h6-7H,5H2,1-4H3. The molecule has 80 valence electrons. The van der Waals surface area contributed by atoms with Gasteiger partial charge in [-0.2, -0.15) is 5.10 Å². The highest BCUT2D eigenvalue weighted by atomic mass is 79.9. The molecule has 0 saturated heterocycles. The first-order valence-corrected chi connectivity index (χ1v) is 5.96. The van der Waals surface area contributed by atoms with Crippen molar-refractivity contribution in [2.24, 2.45) is 7.05 Å². The van der Waals surface area contributed by atoms with Gasteiger partial charge in [0, 0.05) is 17.3 Å². The predicted octanol–water partition coefficient (Wildman–Crippen LogP) is 3.52. The lowest BCUT2D eigenvalue weighted by Crippen LogP contribution is -2.24. The average Bonchev–Trinajstić information content (AvgIpc) is 2.27. The second-order valence-corrected chi connectivity index (χ2v) is 6.30. The molecular formula is C10H16BrClN2. The van der Waals surface area contributed by atoms with Crippen molar-refractivity contribution >= 4 is 27.5 Å². The highest BCUT2D eigenvalue weighted by Crippen LogP contribution is 2.34. The zero-order chi connectivity index (χ0) is 10.9. The highest BCUT2D eigenvalue weighted by molar-refractivity contribution is 9.09. The minimum atomic E-state index is 0.0469.